The molecule has 2 aliphatic rings. The third-order valence-electron chi connectivity index (χ3n) is 2.67. The summed E-state index contributed by atoms with van der Waals surface area (Å²) in [6.45, 7) is 2.05. The van der Waals surface area contributed by atoms with Crippen LogP contribution in [0.3, 0.4) is 0 Å². The molecule has 6 heteroatoms. The number of aromatic nitrogens is 2. The normalized spacial score (nSPS) is 18.7. The van der Waals surface area contributed by atoms with Crippen LogP contribution in [0.4, 0.5) is 11.8 Å². The summed E-state index contributed by atoms with van der Waals surface area (Å²) >= 11 is 0. The third kappa shape index (κ3) is 1.29. The van der Waals surface area contributed by atoms with Gasteiger partial charge in [-0.3, -0.25) is 0 Å². The van der Waals surface area contributed by atoms with E-state index in [0.29, 0.717) is 11.7 Å². The lowest BCUT2D eigenvalue weighted by Crippen LogP contribution is -2.21. The molecule has 1 fully saturated rings. The minimum atomic E-state index is 0.401. The Morgan fingerprint density at radius 3 is 2.87 bits per heavy atom. The van der Waals surface area contributed by atoms with E-state index in [1.165, 1.54) is 12.8 Å². The monoisotopic (exact) mass is 203 g/mol. The van der Waals surface area contributed by atoms with Crippen molar-refractivity contribution in [1.82, 2.24) is 15.4 Å². The molecule has 2 N–H and O–H groups in total. The Labute approximate surface area is 87.2 Å². The van der Waals surface area contributed by atoms with Crippen LogP contribution in [0.25, 0.3) is 0 Å². The lowest BCUT2D eigenvalue weighted by atomic mass is 10.3. The predicted molar refractivity (Wildman–Crippen MR) is 56.0 cm³/mol. The Bertz CT molecular complexity index is 421. The van der Waals surface area contributed by atoms with Gasteiger partial charge in [-0.2, -0.15) is 4.98 Å². The Balaban J connectivity index is 1.94. The van der Waals surface area contributed by atoms with Gasteiger partial charge in [0.1, 0.15) is 0 Å². The Kier molecular flexibility index (Phi) is 1.74. The molecule has 0 amide bonds. The van der Waals surface area contributed by atoms with Crippen LogP contribution in [0.5, 0.6) is 0 Å². The first-order valence-corrected chi connectivity index (χ1v) is 5.01. The minimum absolute atomic E-state index is 0.401. The summed E-state index contributed by atoms with van der Waals surface area (Å²) in [5.74, 6) is 1.72. The maximum absolute atomic E-state index is 5.61. The zero-order valence-corrected chi connectivity index (χ0v) is 8.22. The summed E-state index contributed by atoms with van der Waals surface area (Å²) in [7, 11) is 0. The van der Waals surface area contributed by atoms with E-state index in [1.54, 1.807) is 6.20 Å². The second-order valence-electron chi connectivity index (χ2n) is 3.69. The number of rotatable bonds is 1. The fourth-order valence-corrected chi connectivity index (χ4v) is 1.85. The van der Waals surface area contributed by atoms with E-state index >= 15 is 0 Å². The molecule has 0 atom stereocenters. The van der Waals surface area contributed by atoms with Crippen molar-refractivity contribution in [2.75, 3.05) is 18.0 Å². The number of amidine groups is 1. The second-order valence-corrected chi connectivity index (χ2v) is 3.69. The Morgan fingerprint density at radius 2 is 2.07 bits per heavy atom. The molecule has 3 rings (SSSR count). The van der Waals surface area contributed by atoms with Crippen molar-refractivity contribution in [3.8, 4) is 0 Å². The molecule has 0 unspecified atom stereocenters. The molecule has 15 heavy (non-hydrogen) atoms. The molecule has 0 aliphatic carbocycles. The van der Waals surface area contributed by atoms with E-state index < -0.39 is 0 Å². The van der Waals surface area contributed by atoms with E-state index in [1.807, 2.05) is 0 Å². The molecular formula is C9H11N6. The van der Waals surface area contributed by atoms with E-state index in [0.717, 1.165) is 24.6 Å². The van der Waals surface area contributed by atoms with Crippen LogP contribution >= 0.6 is 0 Å². The Hall–Kier alpha value is -1.85. The number of hydrogen-bond donors (Lipinski definition) is 1. The van der Waals surface area contributed by atoms with Crippen molar-refractivity contribution in [1.29, 1.82) is 0 Å². The van der Waals surface area contributed by atoms with Crippen LogP contribution in [-0.2, 0) is 0 Å². The van der Waals surface area contributed by atoms with Gasteiger partial charge in [-0.05, 0) is 12.8 Å². The van der Waals surface area contributed by atoms with Crippen molar-refractivity contribution in [3.63, 3.8) is 0 Å². The van der Waals surface area contributed by atoms with Crippen LogP contribution in [0.1, 0.15) is 18.4 Å². The van der Waals surface area contributed by atoms with Crippen molar-refractivity contribution >= 4 is 17.6 Å². The quantitative estimate of drug-likeness (QED) is 0.693. The minimum Gasteiger partial charge on any atom is -0.382 e. The Morgan fingerprint density at radius 1 is 1.27 bits per heavy atom. The number of nitrogens with two attached hydrogens (primary N) is 1. The fourth-order valence-electron chi connectivity index (χ4n) is 1.85. The van der Waals surface area contributed by atoms with Gasteiger partial charge in [0.2, 0.25) is 5.95 Å². The summed E-state index contributed by atoms with van der Waals surface area (Å²) in [5.41, 5.74) is 10.2. The maximum Gasteiger partial charge on any atom is 0.227 e. The molecule has 1 saturated heterocycles. The average molecular weight is 203 g/mol. The van der Waals surface area contributed by atoms with E-state index in [-0.39, 0.29) is 0 Å². The highest BCUT2D eigenvalue weighted by Crippen LogP contribution is 2.22. The third-order valence-corrected chi connectivity index (χ3v) is 2.67. The smallest absolute Gasteiger partial charge is 0.227 e. The van der Waals surface area contributed by atoms with Crippen molar-refractivity contribution in [2.24, 2.45) is 10.8 Å². The molecule has 0 aromatic carbocycles. The molecular weight excluding hydrogens is 192 g/mol. The van der Waals surface area contributed by atoms with Gasteiger partial charge in [-0.1, -0.05) is 0 Å². The summed E-state index contributed by atoms with van der Waals surface area (Å²) < 4.78 is 0. The van der Waals surface area contributed by atoms with Crippen LogP contribution < -0.4 is 16.1 Å². The summed E-state index contributed by atoms with van der Waals surface area (Å²) in [5, 5.41) is 3.77. The van der Waals surface area contributed by atoms with Gasteiger partial charge in [0.15, 0.2) is 11.7 Å². The fraction of sp³-hybridized carbons (Fsp3) is 0.444. The summed E-state index contributed by atoms with van der Waals surface area (Å²) in [6, 6.07) is 0. The van der Waals surface area contributed by atoms with Gasteiger partial charge in [-0.15, -0.1) is 10.5 Å². The molecule has 0 saturated carbocycles. The molecule has 1 radical (unpaired) electrons. The largest absolute Gasteiger partial charge is 0.382 e. The second kappa shape index (κ2) is 3.08. The van der Waals surface area contributed by atoms with E-state index in [9.17, 15) is 0 Å². The molecule has 2 aliphatic heterocycles. The van der Waals surface area contributed by atoms with E-state index in [2.05, 4.69) is 25.4 Å². The summed E-state index contributed by atoms with van der Waals surface area (Å²) in [6.07, 6.45) is 4.11. The molecule has 77 valence electrons. The van der Waals surface area contributed by atoms with Crippen LogP contribution in [-0.4, -0.2) is 28.9 Å². The highest BCUT2D eigenvalue weighted by atomic mass is 15.4. The number of anilines is 1. The zero-order chi connectivity index (χ0) is 10.3. The molecule has 1 aromatic rings. The molecule has 1 aromatic heterocycles. The molecule has 0 bridgehead atoms. The van der Waals surface area contributed by atoms with E-state index in [4.69, 9.17) is 5.73 Å². The summed E-state index contributed by atoms with van der Waals surface area (Å²) in [4.78, 5) is 10.8. The van der Waals surface area contributed by atoms with Gasteiger partial charge in [0, 0.05) is 19.3 Å². The molecule has 6 nitrogen and oxygen atoms in total. The van der Waals surface area contributed by atoms with Gasteiger partial charge >= 0.3 is 0 Å². The average Bonchev–Trinajstić information content (AvgIpc) is 2.88. The standard InChI is InChI=1S/C9H11N6/c10-7-6-5-11-9(12-8(6)14-13-7)15-3-1-2-4-15/h5H,1-4H2,(H2,10,13). The number of nitrogens with zero attached hydrogens (tertiary/aromatic N) is 5. The van der Waals surface area contributed by atoms with Gasteiger partial charge in [-0.25, -0.2) is 4.98 Å². The van der Waals surface area contributed by atoms with Crippen molar-refractivity contribution in [2.45, 2.75) is 12.8 Å². The SMILES string of the molecule is NC1=N[N]c2nc(N3CCCC3)ncc21. The highest BCUT2D eigenvalue weighted by Gasteiger charge is 2.21. The van der Waals surface area contributed by atoms with Gasteiger partial charge < -0.3 is 10.6 Å². The lowest BCUT2D eigenvalue weighted by Gasteiger charge is -2.14. The van der Waals surface area contributed by atoms with Crippen LogP contribution in [0.2, 0.25) is 0 Å². The maximum atomic E-state index is 5.61. The van der Waals surface area contributed by atoms with Gasteiger partial charge in [0.05, 0.1) is 5.56 Å². The lowest BCUT2D eigenvalue weighted by molar-refractivity contribution is 0.872. The first-order valence-electron chi connectivity index (χ1n) is 5.01. The molecule has 0 spiro atoms. The number of fused-ring (bicyclic) bond motifs is 1. The predicted octanol–water partition coefficient (Wildman–Crippen LogP) is -0.0534. The first kappa shape index (κ1) is 8.46. The van der Waals surface area contributed by atoms with Gasteiger partial charge in [0.25, 0.3) is 0 Å². The van der Waals surface area contributed by atoms with Crippen molar-refractivity contribution in [3.05, 3.63) is 11.8 Å². The topological polar surface area (TPSA) is 81.5 Å². The first-order chi connectivity index (χ1) is 7.34. The number of hydrogen-bond acceptors (Lipinski definition) is 5. The highest BCUT2D eigenvalue weighted by molar-refractivity contribution is 6.02. The van der Waals surface area contributed by atoms with Crippen LogP contribution in [0, 0.1) is 0 Å². The van der Waals surface area contributed by atoms with Crippen LogP contribution in [0.15, 0.2) is 11.3 Å². The zero-order valence-electron chi connectivity index (χ0n) is 8.22. The van der Waals surface area contributed by atoms with Crippen molar-refractivity contribution < 1.29 is 0 Å². The molecule has 3 heterocycles.